The fraction of sp³-hybridized carbons (Fsp3) is 0.357. The van der Waals surface area contributed by atoms with Crippen LogP contribution in [-0.2, 0) is 9.53 Å². The van der Waals surface area contributed by atoms with Crippen molar-refractivity contribution in [2.45, 2.75) is 25.9 Å². The molecule has 0 saturated heterocycles. The number of thioether (sulfide) groups is 1. The molecule has 0 spiro atoms. The number of ether oxygens (including phenoxy) is 1. The van der Waals surface area contributed by atoms with Crippen molar-refractivity contribution < 1.29 is 9.53 Å². The lowest BCUT2D eigenvalue weighted by Gasteiger charge is -2.08. The Labute approximate surface area is 122 Å². The van der Waals surface area contributed by atoms with E-state index in [-0.39, 0.29) is 11.7 Å². The van der Waals surface area contributed by atoms with E-state index in [9.17, 15) is 4.79 Å². The van der Waals surface area contributed by atoms with Crippen LogP contribution in [0.5, 0.6) is 0 Å². The van der Waals surface area contributed by atoms with Crippen LogP contribution in [0, 0.1) is 13.8 Å². The topological polar surface area (TPSA) is 57.0 Å². The summed E-state index contributed by atoms with van der Waals surface area (Å²) in [7, 11) is 0. The zero-order chi connectivity index (χ0) is 14.5. The van der Waals surface area contributed by atoms with Crippen molar-refractivity contribution in [2.24, 2.45) is 0 Å². The Hall–Kier alpha value is -1.82. The zero-order valence-corrected chi connectivity index (χ0v) is 12.6. The van der Waals surface area contributed by atoms with Crippen LogP contribution in [0.2, 0.25) is 0 Å². The van der Waals surface area contributed by atoms with Crippen molar-refractivity contribution in [3.8, 4) is 5.69 Å². The maximum absolute atomic E-state index is 11.4. The fourth-order valence-corrected chi connectivity index (χ4v) is 2.55. The molecular weight excluding hydrogens is 274 g/mol. The van der Waals surface area contributed by atoms with E-state index in [0.717, 1.165) is 11.5 Å². The molecule has 20 heavy (non-hydrogen) atoms. The zero-order valence-electron chi connectivity index (χ0n) is 11.8. The van der Waals surface area contributed by atoms with Gasteiger partial charge in [0.2, 0.25) is 0 Å². The Bertz CT molecular complexity index is 593. The van der Waals surface area contributed by atoms with Crippen LogP contribution in [0.1, 0.15) is 18.3 Å². The summed E-state index contributed by atoms with van der Waals surface area (Å²) in [5.41, 5.74) is 2.18. The highest BCUT2D eigenvalue weighted by atomic mass is 32.2. The van der Waals surface area contributed by atoms with Gasteiger partial charge in [-0.1, -0.05) is 29.5 Å². The molecule has 0 aliphatic carbocycles. The molecule has 0 fully saturated rings. The summed E-state index contributed by atoms with van der Waals surface area (Å²) in [6.07, 6.45) is 0. The van der Waals surface area contributed by atoms with E-state index in [1.54, 1.807) is 6.92 Å². The number of hydrogen-bond donors (Lipinski definition) is 0. The highest BCUT2D eigenvalue weighted by Crippen LogP contribution is 2.22. The Morgan fingerprint density at radius 3 is 2.60 bits per heavy atom. The quantitative estimate of drug-likeness (QED) is 0.626. The molecule has 0 aliphatic heterocycles. The number of esters is 1. The second-order valence-electron chi connectivity index (χ2n) is 4.29. The van der Waals surface area contributed by atoms with Crippen LogP contribution < -0.4 is 0 Å². The summed E-state index contributed by atoms with van der Waals surface area (Å²) in [5, 5.41) is 8.89. The molecule has 2 aromatic rings. The van der Waals surface area contributed by atoms with E-state index in [1.807, 2.05) is 42.7 Å². The van der Waals surface area contributed by atoms with E-state index in [1.165, 1.54) is 17.3 Å². The molecule has 2 rings (SSSR count). The van der Waals surface area contributed by atoms with Crippen molar-refractivity contribution in [1.82, 2.24) is 14.8 Å². The Morgan fingerprint density at radius 2 is 1.95 bits per heavy atom. The maximum atomic E-state index is 11.4. The minimum atomic E-state index is -0.242. The molecule has 0 amide bonds. The first kappa shape index (κ1) is 14.6. The fourth-order valence-electron chi connectivity index (χ4n) is 1.75. The lowest BCUT2D eigenvalue weighted by atomic mass is 10.2. The minimum absolute atomic E-state index is 0.234. The lowest BCUT2D eigenvalue weighted by molar-refractivity contribution is -0.139. The first-order valence-electron chi connectivity index (χ1n) is 6.39. The van der Waals surface area contributed by atoms with Gasteiger partial charge in [0, 0.05) is 5.69 Å². The van der Waals surface area contributed by atoms with Crippen molar-refractivity contribution in [3.05, 3.63) is 35.7 Å². The third-order valence-corrected chi connectivity index (χ3v) is 3.61. The van der Waals surface area contributed by atoms with Gasteiger partial charge in [0.25, 0.3) is 0 Å². The van der Waals surface area contributed by atoms with E-state index >= 15 is 0 Å². The molecule has 6 heteroatoms. The number of nitrogens with zero attached hydrogens (tertiary/aromatic N) is 3. The van der Waals surface area contributed by atoms with Gasteiger partial charge in [-0.15, -0.1) is 10.2 Å². The average Bonchev–Trinajstić information content (AvgIpc) is 2.79. The largest absolute Gasteiger partial charge is 0.465 e. The predicted molar refractivity (Wildman–Crippen MR) is 78.2 cm³/mol. The van der Waals surface area contributed by atoms with Crippen molar-refractivity contribution >= 4 is 17.7 Å². The van der Waals surface area contributed by atoms with Crippen molar-refractivity contribution in [3.63, 3.8) is 0 Å². The molecule has 1 heterocycles. The van der Waals surface area contributed by atoms with E-state index in [4.69, 9.17) is 4.74 Å². The molecule has 0 saturated carbocycles. The van der Waals surface area contributed by atoms with Gasteiger partial charge in [-0.05, 0) is 32.9 Å². The SMILES string of the molecule is CCOC(=O)CSc1nnc(C)n1-c1ccc(C)cc1. The summed E-state index contributed by atoms with van der Waals surface area (Å²) < 4.78 is 6.85. The van der Waals surface area contributed by atoms with Crippen LogP contribution in [0.25, 0.3) is 5.69 Å². The first-order valence-corrected chi connectivity index (χ1v) is 7.38. The van der Waals surface area contributed by atoms with Crippen LogP contribution >= 0.6 is 11.8 Å². The summed E-state index contributed by atoms with van der Waals surface area (Å²) in [6.45, 7) is 6.12. The van der Waals surface area contributed by atoms with E-state index < -0.39 is 0 Å². The summed E-state index contributed by atoms with van der Waals surface area (Å²) in [6, 6.07) is 8.10. The lowest BCUT2D eigenvalue weighted by Crippen LogP contribution is -2.08. The Balaban J connectivity index is 2.19. The standard InChI is InChI=1S/C14H17N3O2S/c1-4-19-13(18)9-20-14-16-15-11(3)17(14)12-7-5-10(2)6-8-12/h5-8H,4,9H2,1-3H3. The van der Waals surface area contributed by atoms with Crippen LogP contribution in [0.4, 0.5) is 0 Å². The van der Waals surface area contributed by atoms with E-state index in [0.29, 0.717) is 11.8 Å². The number of benzene rings is 1. The molecule has 0 N–H and O–H groups in total. The van der Waals surface area contributed by atoms with Gasteiger partial charge in [-0.2, -0.15) is 0 Å². The van der Waals surface area contributed by atoms with Crippen LogP contribution in [0.3, 0.4) is 0 Å². The smallest absolute Gasteiger partial charge is 0.316 e. The molecule has 0 unspecified atom stereocenters. The minimum Gasteiger partial charge on any atom is -0.465 e. The maximum Gasteiger partial charge on any atom is 0.316 e. The highest BCUT2D eigenvalue weighted by Gasteiger charge is 2.13. The van der Waals surface area contributed by atoms with Crippen LogP contribution in [-0.4, -0.2) is 33.1 Å². The number of carbonyl (C=O) groups is 1. The van der Waals surface area contributed by atoms with Gasteiger partial charge in [-0.3, -0.25) is 9.36 Å². The van der Waals surface area contributed by atoms with Crippen molar-refractivity contribution in [2.75, 3.05) is 12.4 Å². The number of carbonyl (C=O) groups excluding carboxylic acids is 1. The summed E-state index contributed by atoms with van der Waals surface area (Å²) in [4.78, 5) is 11.4. The van der Waals surface area contributed by atoms with Gasteiger partial charge in [-0.25, -0.2) is 0 Å². The third kappa shape index (κ3) is 3.39. The second-order valence-corrected chi connectivity index (χ2v) is 5.24. The normalized spacial score (nSPS) is 10.6. The molecule has 0 radical (unpaired) electrons. The molecule has 1 aromatic carbocycles. The monoisotopic (exact) mass is 291 g/mol. The second kappa shape index (κ2) is 6.56. The molecular formula is C14H17N3O2S. The summed E-state index contributed by atoms with van der Waals surface area (Å²) in [5.74, 6) is 0.784. The Morgan fingerprint density at radius 1 is 1.25 bits per heavy atom. The van der Waals surface area contributed by atoms with Crippen LogP contribution in [0.15, 0.2) is 29.4 Å². The average molecular weight is 291 g/mol. The van der Waals surface area contributed by atoms with Gasteiger partial charge in [0.05, 0.1) is 12.4 Å². The number of aromatic nitrogens is 3. The predicted octanol–water partition coefficient (Wildman–Crippen LogP) is 2.54. The molecule has 0 atom stereocenters. The molecule has 1 aromatic heterocycles. The van der Waals surface area contributed by atoms with Crippen molar-refractivity contribution in [1.29, 1.82) is 0 Å². The van der Waals surface area contributed by atoms with Gasteiger partial charge < -0.3 is 4.74 Å². The number of rotatable bonds is 5. The van der Waals surface area contributed by atoms with Gasteiger partial charge >= 0.3 is 5.97 Å². The first-order chi connectivity index (χ1) is 9.61. The van der Waals surface area contributed by atoms with Gasteiger partial charge in [0.15, 0.2) is 5.16 Å². The number of aryl methyl sites for hydroxylation is 2. The summed E-state index contributed by atoms with van der Waals surface area (Å²) >= 11 is 1.33. The van der Waals surface area contributed by atoms with Gasteiger partial charge in [0.1, 0.15) is 5.82 Å². The highest BCUT2D eigenvalue weighted by molar-refractivity contribution is 7.99. The molecule has 106 valence electrons. The molecule has 0 bridgehead atoms. The number of hydrogen-bond acceptors (Lipinski definition) is 5. The van der Waals surface area contributed by atoms with E-state index in [2.05, 4.69) is 10.2 Å². The third-order valence-electron chi connectivity index (χ3n) is 2.71. The Kier molecular flexibility index (Phi) is 4.79. The molecule has 0 aliphatic rings. The molecule has 5 nitrogen and oxygen atoms in total.